The van der Waals surface area contributed by atoms with Gasteiger partial charge in [0.2, 0.25) is 0 Å². The highest BCUT2D eigenvalue weighted by molar-refractivity contribution is 8.22. The lowest BCUT2D eigenvalue weighted by Crippen LogP contribution is -2.05. The lowest BCUT2D eigenvalue weighted by molar-refractivity contribution is 0.111. The van der Waals surface area contributed by atoms with Crippen LogP contribution in [0.3, 0.4) is 0 Å². The van der Waals surface area contributed by atoms with Gasteiger partial charge in [-0.2, -0.15) is 0 Å². The summed E-state index contributed by atoms with van der Waals surface area (Å²) in [6, 6.07) is 4.14. The summed E-state index contributed by atoms with van der Waals surface area (Å²) in [6.45, 7) is 9.17. The molecule has 1 aliphatic rings. The van der Waals surface area contributed by atoms with Crippen molar-refractivity contribution in [2.24, 2.45) is 11.8 Å². The summed E-state index contributed by atoms with van der Waals surface area (Å²) in [4.78, 5) is 27.1. The first-order chi connectivity index (χ1) is 16.6. The van der Waals surface area contributed by atoms with E-state index in [0.717, 1.165) is 45.7 Å². The van der Waals surface area contributed by atoms with Gasteiger partial charge >= 0.3 is 0 Å². The van der Waals surface area contributed by atoms with E-state index in [-0.39, 0.29) is 0 Å². The highest BCUT2D eigenvalue weighted by Gasteiger charge is 2.32. The van der Waals surface area contributed by atoms with Crippen LogP contribution < -0.4 is 0 Å². The van der Waals surface area contributed by atoms with Crippen LogP contribution in [0.25, 0.3) is 15.3 Å². The van der Waals surface area contributed by atoms with Crippen molar-refractivity contribution in [3.05, 3.63) is 37.3 Å². The Kier molecular flexibility index (Phi) is 11.5. The maximum absolute atomic E-state index is 11.6. The third-order valence-corrected chi connectivity index (χ3v) is 11.9. The zero-order valence-corrected chi connectivity index (χ0v) is 24.3. The van der Waals surface area contributed by atoms with E-state index in [1.54, 1.807) is 22.7 Å². The minimum Gasteiger partial charge on any atom is -0.297 e. The van der Waals surface area contributed by atoms with Gasteiger partial charge < -0.3 is 0 Å². The predicted molar refractivity (Wildman–Crippen MR) is 156 cm³/mol. The van der Waals surface area contributed by atoms with Crippen LogP contribution in [0.2, 0.25) is 0 Å². The Morgan fingerprint density at radius 3 is 1.59 bits per heavy atom. The SMILES string of the molecule is CCCCC(CC)CSC(SCC(CC)CCCC)=C1c2cc(C=O)sc2-c2sc(C=O)cc21. The van der Waals surface area contributed by atoms with Gasteiger partial charge in [-0.15, -0.1) is 46.2 Å². The molecule has 0 aromatic carbocycles. The van der Waals surface area contributed by atoms with Gasteiger partial charge in [-0.1, -0.05) is 66.2 Å². The molecule has 2 unspecified atom stereocenters. The van der Waals surface area contributed by atoms with Crippen molar-refractivity contribution >= 4 is 64.3 Å². The zero-order valence-electron chi connectivity index (χ0n) is 21.0. The average Bonchev–Trinajstić information content (AvgIpc) is 3.53. The molecule has 1 aliphatic carbocycles. The average molecular weight is 535 g/mol. The molecule has 2 heterocycles. The number of rotatable bonds is 16. The lowest BCUT2D eigenvalue weighted by atomic mass is 10.0. The van der Waals surface area contributed by atoms with E-state index in [1.165, 1.54) is 82.1 Å². The van der Waals surface area contributed by atoms with Crippen molar-refractivity contribution in [3.63, 3.8) is 0 Å². The molecule has 6 heteroatoms. The van der Waals surface area contributed by atoms with Crippen molar-refractivity contribution in [3.8, 4) is 9.75 Å². The monoisotopic (exact) mass is 534 g/mol. The summed E-state index contributed by atoms with van der Waals surface area (Å²) >= 11 is 7.16. The molecular weight excluding hydrogens is 497 g/mol. The van der Waals surface area contributed by atoms with Gasteiger partial charge in [-0.05, 0) is 36.8 Å². The van der Waals surface area contributed by atoms with Crippen molar-refractivity contribution in [1.29, 1.82) is 0 Å². The van der Waals surface area contributed by atoms with Crippen LogP contribution in [-0.2, 0) is 0 Å². The van der Waals surface area contributed by atoms with E-state index in [4.69, 9.17) is 0 Å². The molecule has 0 N–H and O–H groups in total. The molecule has 0 fully saturated rings. The van der Waals surface area contributed by atoms with Crippen LogP contribution in [0.15, 0.2) is 16.4 Å². The van der Waals surface area contributed by atoms with E-state index in [0.29, 0.717) is 0 Å². The van der Waals surface area contributed by atoms with E-state index < -0.39 is 0 Å². The summed E-state index contributed by atoms with van der Waals surface area (Å²) in [6.07, 6.45) is 12.0. The Morgan fingerprint density at radius 2 is 1.24 bits per heavy atom. The van der Waals surface area contributed by atoms with Crippen LogP contribution in [-0.4, -0.2) is 24.1 Å². The van der Waals surface area contributed by atoms with Crippen molar-refractivity contribution < 1.29 is 9.59 Å². The molecule has 0 aliphatic heterocycles. The molecule has 0 spiro atoms. The van der Waals surface area contributed by atoms with Gasteiger partial charge in [0.15, 0.2) is 12.6 Å². The quantitative estimate of drug-likeness (QED) is 0.171. The largest absolute Gasteiger partial charge is 0.297 e. The van der Waals surface area contributed by atoms with E-state index >= 15 is 0 Å². The molecule has 0 saturated carbocycles. The highest BCUT2D eigenvalue weighted by Crippen LogP contribution is 2.56. The van der Waals surface area contributed by atoms with Crippen molar-refractivity contribution in [1.82, 2.24) is 0 Å². The molecular formula is C28H38O2S4. The molecule has 2 nitrogen and oxygen atoms in total. The molecule has 2 atom stereocenters. The smallest absolute Gasteiger partial charge is 0.160 e. The second-order valence-corrected chi connectivity index (χ2v) is 13.6. The molecule has 2 aromatic rings. The second kappa shape index (κ2) is 14.1. The number of unbranched alkanes of at least 4 members (excludes halogenated alkanes) is 2. The standard InChI is InChI=1S/C28H38O2S4/c1-5-9-11-19(7-3)17-31-28(32-18-20(8-4)12-10-6-2)25-23-13-21(15-29)33-26(23)27-24(25)14-22(16-30)34-27/h13-16,19-20H,5-12,17-18H2,1-4H3. The summed E-state index contributed by atoms with van der Waals surface area (Å²) in [7, 11) is 0. The van der Waals surface area contributed by atoms with Gasteiger partial charge in [0, 0.05) is 32.4 Å². The maximum Gasteiger partial charge on any atom is 0.160 e. The Bertz CT molecular complexity index is 908. The molecule has 34 heavy (non-hydrogen) atoms. The van der Waals surface area contributed by atoms with Gasteiger partial charge in [0.05, 0.1) is 19.5 Å². The van der Waals surface area contributed by atoms with E-state index in [9.17, 15) is 9.59 Å². The topological polar surface area (TPSA) is 34.1 Å². The fourth-order valence-electron chi connectivity index (χ4n) is 4.38. The zero-order chi connectivity index (χ0) is 24.5. The Morgan fingerprint density at radius 1 is 0.794 bits per heavy atom. The Balaban J connectivity index is 1.99. The molecule has 0 amide bonds. The normalized spacial score (nSPS) is 14.1. The fraction of sp³-hybridized carbons (Fsp3) is 0.571. The van der Waals surface area contributed by atoms with Crippen LogP contribution >= 0.6 is 46.2 Å². The van der Waals surface area contributed by atoms with Crippen LogP contribution in [0, 0.1) is 11.8 Å². The minimum atomic E-state index is 0.726. The van der Waals surface area contributed by atoms with E-state index in [2.05, 4.69) is 39.8 Å². The summed E-state index contributed by atoms with van der Waals surface area (Å²) in [5.41, 5.74) is 3.66. The van der Waals surface area contributed by atoms with Gasteiger partial charge in [-0.3, -0.25) is 9.59 Å². The number of carbonyl (C=O) groups is 2. The molecule has 3 rings (SSSR count). The lowest BCUT2D eigenvalue weighted by Gasteiger charge is -2.19. The van der Waals surface area contributed by atoms with Crippen molar-refractivity contribution in [2.45, 2.75) is 79.1 Å². The number of carbonyl (C=O) groups excluding carboxylic acids is 2. The molecule has 0 bridgehead atoms. The number of thiophene rings is 2. The summed E-state index contributed by atoms with van der Waals surface area (Å²) < 4.78 is 1.38. The molecule has 2 aromatic heterocycles. The van der Waals surface area contributed by atoms with Crippen LogP contribution in [0.4, 0.5) is 0 Å². The van der Waals surface area contributed by atoms with Gasteiger partial charge in [-0.25, -0.2) is 0 Å². The second-order valence-electron chi connectivity index (χ2n) is 9.14. The Hall–Kier alpha value is -0.820. The van der Waals surface area contributed by atoms with E-state index in [1.807, 2.05) is 23.5 Å². The fourth-order valence-corrected chi connectivity index (χ4v) is 9.55. The Labute approximate surface area is 222 Å². The first-order valence-electron chi connectivity index (χ1n) is 12.8. The number of hydrogen-bond donors (Lipinski definition) is 0. The van der Waals surface area contributed by atoms with Crippen molar-refractivity contribution in [2.75, 3.05) is 11.5 Å². The summed E-state index contributed by atoms with van der Waals surface area (Å²) in [5.74, 6) is 3.72. The number of thioether (sulfide) groups is 2. The minimum absolute atomic E-state index is 0.726. The number of aldehydes is 2. The van der Waals surface area contributed by atoms with Crippen LogP contribution in [0.1, 0.15) is 110 Å². The molecule has 186 valence electrons. The summed E-state index contributed by atoms with van der Waals surface area (Å²) in [5, 5.41) is 0. The molecule has 0 radical (unpaired) electrons. The van der Waals surface area contributed by atoms with Crippen LogP contribution in [0.5, 0.6) is 0 Å². The van der Waals surface area contributed by atoms with Gasteiger partial charge in [0.1, 0.15) is 0 Å². The van der Waals surface area contributed by atoms with Gasteiger partial charge in [0.25, 0.3) is 0 Å². The third-order valence-electron chi connectivity index (χ3n) is 6.67. The predicted octanol–water partition coefficient (Wildman–Crippen LogP) is 10.0. The molecule has 0 saturated heterocycles. The third kappa shape index (κ3) is 6.68. The maximum atomic E-state index is 11.6. The highest BCUT2D eigenvalue weighted by atomic mass is 32.2. The first kappa shape index (κ1) is 27.8. The first-order valence-corrected chi connectivity index (χ1v) is 16.4. The number of hydrogen-bond acceptors (Lipinski definition) is 6. The number of fused-ring (bicyclic) bond motifs is 3.